The minimum absolute atomic E-state index is 0.00903. The number of anilines is 1. The molecule has 0 atom stereocenters. The minimum Gasteiger partial charge on any atom is -0.506 e. The van der Waals surface area contributed by atoms with Crippen molar-refractivity contribution < 1.29 is 13.5 Å². The first kappa shape index (κ1) is 12.7. The maximum atomic E-state index is 11.9. The molecule has 0 radical (unpaired) electrons. The molecule has 2 rings (SSSR count). The standard InChI is InChI=1S/C10H10ClN3O3S/c1-6-12-5-10(13-6)18(16,17)14-8-4-7(11)2-3-9(8)15/h2-5,14-15H,1H3,(H,12,13). The molecule has 1 aromatic heterocycles. The van der Waals surface area contributed by atoms with Gasteiger partial charge in [-0.2, -0.15) is 8.42 Å². The Morgan fingerprint density at radius 2 is 2.17 bits per heavy atom. The number of H-pyrrole nitrogens is 1. The third-order valence-corrected chi connectivity index (χ3v) is 3.68. The van der Waals surface area contributed by atoms with Crippen molar-refractivity contribution in [1.29, 1.82) is 0 Å². The van der Waals surface area contributed by atoms with Gasteiger partial charge in [0, 0.05) is 5.02 Å². The molecule has 0 aliphatic carbocycles. The summed E-state index contributed by atoms with van der Waals surface area (Å²) >= 11 is 5.73. The van der Waals surface area contributed by atoms with Crippen LogP contribution < -0.4 is 4.72 Å². The number of benzene rings is 1. The number of aromatic hydroxyl groups is 1. The quantitative estimate of drug-likeness (QED) is 0.751. The van der Waals surface area contributed by atoms with Crippen LogP contribution in [0.1, 0.15) is 5.82 Å². The Balaban J connectivity index is 2.36. The molecule has 1 aromatic carbocycles. The van der Waals surface area contributed by atoms with Crippen LogP contribution in [0.25, 0.3) is 0 Å². The van der Waals surface area contributed by atoms with E-state index < -0.39 is 10.0 Å². The normalized spacial score (nSPS) is 11.4. The number of halogens is 1. The lowest BCUT2D eigenvalue weighted by Gasteiger charge is -2.08. The van der Waals surface area contributed by atoms with Gasteiger partial charge in [-0.05, 0) is 25.1 Å². The summed E-state index contributed by atoms with van der Waals surface area (Å²) < 4.78 is 26.1. The van der Waals surface area contributed by atoms with Gasteiger partial charge >= 0.3 is 0 Å². The van der Waals surface area contributed by atoms with Crippen molar-refractivity contribution >= 4 is 27.3 Å². The molecule has 0 unspecified atom stereocenters. The highest BCUT2D eigenvalue weighted by Crippen LogP contribution is 2.28. The Kier molecular flexibility index (Phi) is 3.18. The monoisotopic (exact) mass is 287 g/mol. The van der Waals surface area contributed by atoms with E-state index in [0.717, 1.165) is 0 Å². The van der Waals surface area contributed by atoms with Gasteiger partial charge in [0.25, 0.3) is 10.0 Å². The number of nitrogens with one attached hydrogen (secondary N) is 2. The van der Waals surface area contributed by atoms with Crippen LogP contribution in [-0.4, -0.2) is 23.5 Å². The number of aromatic amines is 1. The maximum Gasteiger partial charge on any atom is 0.279 e. The van der Waals surface area contributed by atoms with Gasteiger partial charge in [-0.1, -0.05) is 11.6 Å². The van der Waals surface area contributed by atoms with Gasteiger partial charge in [-0.15, -0.1) is 0 Å². The third-order valence-electron chi connectivity index (χ3n) is 2.17. The van der Waals surface area contributed by atoms with Crippen molar-refractivity contribution in [3.63, 3.8) is 0 Å². The fourth-order valence-electron chi connectivity index (χ4n) is 1.32. The number of sulfonamides is 1. The van der Waals surface area contributed by atoms with E-state index in [1.807, 2.05) is 0 Å². The summed E-state index contributed by atoms with van der Waals surface area (Å²) in [4.78, 5) is 6.40. The van der Waals surface area contributed by atoms with Gasteiger partial charge in [0.2, 0.25) is 0 Å². The summed E-state index contributed by atoms with van der Waals surface area (Å²) in [6.45, 7) is 1.63. The number of hydrogen-bond donors (Lipinski definition) is 3. The Bertz CT molecular complexity index is 681. The van der Waals surface area contributed by atoms with Gasteiger partial charge in [-0.25, -0.2) is 4.98 Å². The number of aryl methyl sites for hydroxylation is 1. The Labute approximate surface area is 109 Å². The van der Waals surface area contributed by atoms with Gasteiger partial charge in [0.05, 0.1) is 11.9 Å². The second-order valence-electron chi connectivity index (χ2n) is 3.60. The number of imidazole rings is 1. The average Bonchev–Trinajstić information content (AvgIpc) is 2.71. The highest BCUT2D eigenvalue weighted by atomic mass is 35.5. The zero-order chi connectivity index (χ0) is 13.3. The molecule has 0 saturated heterocycles. The summed E-state index contributed by atoms with van der Waals surface area (Å²) in [5.74, 6) is 0.268. The van der Waals surface area contributed by atoms with Crippen LogP contribution in [-0.2, 0) is 10.0 Å². The number of rotatable bonds is 3. The van der Waals surface area contributed by atoms with Crippen LogP contribution >= 0.6 is 11.6 Å². The second-order valence-corrected chi connectivity index (χ2v) is 5.69. The molecule has 0 aliphatic heterocycles. The van der Waals surface area contributed by atoms with Crippen LogP contribution in [0.5, 0.6) is 5.75 Å². The molecule has 8 heteroatoms. The summed E-state index contributed by atoms with van der Waals surface area (Å²) in [7, 11) is -3.82. The largest absolute Gasteiger partial charge is 0.506 e. The van der Waals surface area contributed by atoms with Gasteiger partial charge < -0.3 is 10.1 Å². The molecule has 0 aliphatic rings. The maximum absolute atomic E-state index is 11.9. The third kappa shape index (κ3) is 2.57. The SMILES string of the molecule is Cc1ncc(S(=O)(=O)Nc2cc(Cl)ccc2O)[nH]1. The number of phenols is 1. The molecule has 0 saturated carbocycles. The molecule has 3 N–H and O–H groups in total. The van der Waals surface area contributed by atoms with Crippen molar-refractivity contribution in [1.82, 2.24) is 9.97 Å². The van der Waals surface area contributed by atoms with Crippen LogP contribution in [0.3, 0.4) is 0 Å². The minimum atomic E-state index is -3.82. The van der Waals surface area contributed by atoms with Gasteiger partial charge in [0.15, 0.2) is 5.03 Å². The fraction of sp³-hybridized carbons (Fsp3) is 0.100. The molecular formula is C10H10ClN3O3S. The first-order valence-corrected chi connectivity index (χ1v) is 6.77. The fourth-order valence-corrected chi connectivity index (χ4v) is 2.53. The van der Waals surface area contributed by atoms with E-state index in [-0.39, 0.29) is 16.5 Å². The highest BCUT2D eigenvalue weighted by molar-refractivity contribution is 7.92. The molecular weight excluding hydrogens is 278 g/mol. The van der Waals surface area contributed by atoms with E-state index >= 15 is 0 Å². The zero-order valence-corrected chi connectivity index (χ0v) is 10.9. The highest BCUT2D eigenvalue weighted by Gasteiger charge is 2.18. The van der Waals surface area contributed by atoms with E-state index in [2.05, 4.69) is 14.7 Å². The van der Waals surface area contributed by atoms with Crippen molar-refractivity contribution in [3.8, 4) is 5.75 Å². The molecule has 96 valence electrons. The van der Waals surface area contributed by atoms with Crippen molar-refractivity contribution in [2.75, 3.05) is 4.72 Å². The van der Waals surface area contributed by atoms with Crippen LogP contribution in [0.2, 0.25) is 5.02 Å². The predicted octanol–water partition coefficient (Wildman–Crippen LogP) is 1.88. The average molecular weight is 288 g/mol. The van der Waals surface area contributed by atoms with E-state index in [1.165, 1.54) is 24.4 Å². The zero-order valence-electron chi connectivity index (χ0n) is 9.31. The molecule has 18 heavy (non-hydrogen) atoms. The van der Waals surface area contributed by atoms with Crippen molar-refractivity contribution in [3.05, 3.63) is 35.2 Å². The molecule has 0 amide bonds. The van der Waals surface area contributed by atoms with Crippen LogP contribution in [0.4, 0.5) is 5.69 Å². The molecule has 1 heterocycles. The summed E-state index contributed by atoms with van der Waals surface area (Å²) in [5.41, 5.74) is 0.00903. The summed E-state index contributed by atoms with van der Waals surface area (Å²) in [5, 5.41) is 9.77. The summed E-state index contributed by atoms with van der Waals surface area (Å²) in [6, 6.07) is 4.07. The Hall–Kier alpha value is -1.73. The first-order chi connectivity index (χ1) is 8.38. The second kappa shape index (κ2) is 4.51. The number of nitrogens with zero attached hydrogens (tertiary/aromatic N) is 1. The van der Waals surface area contributed by atoms with Crippen molar-refractivity contribution in [2.45, 2.75) is 11.9 Å². The lowest BCUT2D eigenvalue weighted by Crippen LogP contribution is -2.13. The van der Waals surface area contributed by atoms with Crippen LogP contribution in [0, 0.1) is 6.92 Å². The summed E-state index contributed by atoms with van der Waals surface area (Å²) in [6.07, 6.45) is 1.19. The molecule has 6 nitrogen and oxygen atoms in total. The first-order valence-electron chi connectivity index (χ1n) is 4.91. The Morgan fingerprint density at radius 1 is 1.44 bits per heavy atom. The smallest absolute Gasteiger partial charge is 0.279 e. The number of aromatic nitrogens is 2. The molecule has 0 spiro atoms. The number of phenolic OH excluding ortho intramolecular Hbond substituents is 1. The topological polar surface area (TPSA) is 95.1 Å². The number of hydrogen-bond acceptors (Lipinski definition) is 4. The van der Waals surface area contributed by atoms with E-state index in [4.69, 9.17) is 11.6 Å². The molecule has 2 aromatic rings. The van der Waals surface area contributed by atoms with Crippen molar-refractivity contribution in [2.24, 2.45) is 0 Å². The molecule has 0 bridgehead atoms. The van der Waals surface area contributed by atoms with E-state index in [0.29, 0.717) is 10.8 Å². The van der Waals surface area contributed by atoms with Gasteiger partial charge in [-0.3, -0.25) is 4.72 Å². The lowest BCUT2D eigenvalue weighted by atomic mass is 10.3. The van der Waals surface area contributed by atoms with Gasteiger partial charge in [0.1, 0.15) is 11.6 Å². The predicted molar refractivity (Wildman–Crippen MR) is 67.3 cm³/mol. The van der Waals surface area contributed by atoms with E-state index in [1.54, 1.807) is 6.92 Å². The van der Waals surface area contributed by atoms with Crippen LogP contribution in [0.15, 0.2) is 29.4 Å². The Morgan fingerprint density at radius 3 is 2.78 bits per heavy atom. The van der Waals surface area contributed by atoms with E-state index in [9.17, 15) is 13.5 Å². The lowest BCUT2D eigenvalue weighted by molar-refractivity contribution is 0.477. The molecule has 0 fully saturated rings.